The lowest BCUT2D eigenvalue weighted by Gasteiger charge is -2.25. The number of anilines is 1. The van der Waals surface area contributed by atoms with Gasteiger partial charge < -0.3 is 10.6 Å². The van der Waals surface area contributed by atoms with Gasteiger partial charge in [-0.2, -0.15) is 0 Å². The maximum atomic E-state index is 5.60. The first-order valence-corrected chi connectivity index (χ1v) is 7.20. The van der Waals surface area contributed by atoms with Gasteiger partial charge in [-0.05, 0) is 62.6 Å². The molecule has 3 heteroatoms. The first-order chi connectivity index (χ1) is 8.78. The Kier molecular flexibility index (Phi) is 3.25. The highest BCUT2D eigenvalue weighted by molar-refractivity contribution is 5.49. The van der Waals surface area contributed by atoms with E-state index in [0.29, 0.717) is 6.54 Å². The number of nitrogens with two attached hydrogens (primary N) is 1. The van der Waals surface area contributed by atoms with Crippen LogP contribution in [0.15, 0.2) is 12.3 Å². The molecular weight excluding hydrogens is 222 g/mol. The van der Waals surface area contributed by atoms with Crippen LogP contribution in [0.1, 0.15) is 36.8 Å². The van der Waals surface area contributed by atoms with Gasteiger partial charge in [0.2, 0.25) is 0 Å². The molecule has 1 aromatic rings. The fourth-order valence-electron chi connectivity index (χ4n) is 2.60. The molecule has 0 bridgehead atoms. The average Bonchev–Trinajstić information content (AvgIpc) is 3.21. The summed E-state index contributed by atoms with van der Waals surface area (Å²) in [6, 6.07) is 3.02. The number of nitrogens with zero attached hydrogens (tertiary/aromatic N) is 2. The molecule has 0 aromatic carbocycles. The smallest absolute Gasteiger partial charge is 0.131 e. The SMILES string of the molecule is Cc1cc(CCN)cnc1N(CC1CC1)C1CC1. The minimum atomic E-state index is 0.703. The molecule has 0 aliphatic heterocycles. The van der Waals surface area contributed by atoms with Gasteiger partial charge in [0.25, 0.3) is 0 Å². The molecule has 1 heterocycles. The van der Waals surface area contributed by atoms with Crippen molar-refractivity contribution in [3.63, 3.8) is 0 Å². The van der Waals surface area contributed by atoms with Crippen molar-refractivity contribution in [3.05, 3.63) is 23.4 Å². The zero-order valence-electron chi connectivity index (χ0n) is 11.2. The first-order valence-electron chi connectivity index (χ1n) is 7.20. The van der Waals surface area contributed by atoms with Crippen LogP contribution in [0.5, 0.6) is 0 Å². The topological polar surface area (TPSA) is 42.1 Å². The molecule has 1 aromatic heterocycles. The molecular formula is C15H23N3. The van der Waals surface area contributed by atoms with Crippen LogP contribution in [-0.2, 0) is 6.42 Å². The van der Waals surface area contributed by atoms with E-state index < -0.39 is 0 Å². The van der Waals surface area contributed by atoms with Gasteiger partial charge in [-0.3, -0.25) is 0 Å². The Balaban J connectivity index is 1.79. The molecule has 0 amide bonds. The Morgan fingerprint density at radius 1 is 1.33 bits per heavy atom. The van der Waals surface area contributed by atoms with Crippen LogP contribution in [0.4, 0.5) is 5.82 Å². The molecule has 98 valence electrons. The minimum absolute atomic E-state index is 0.703. The molecule has 2 aliphatic rings. The Morgan fingerprint density at radius 3 is 2.67 bits per heavy atom. The van der Waals surface area contributed by atoms with Gasteiger partial charge in [0, 0.05) is 18.8 Å². The van der Waals surface area contributed by atoms with Gasteiger partial charge in [0.05, 0.1) is 0 Å². The number of pyridine rings is 1. The van der Waals surface area contributed by atoms with E-state index in [1.165, 1.54) is 49.2 Å². The number of aromatic nitrogens is 1. The highest BCUT2D eigenvalue weighted by atomic mass is 15.2. The van der Waals surface area contributed by atoms with Crippen molar-refractivity contribution in [2.75, 3.05) is 18.0 Å². The van der Waals surface area contributed by atoms with Crippen molar-refractivity contribution in [1.29, 1.82) is 0 Å². The largest absolute Gasteiger partial charge is 0.353 e. The molecule has 2 N–H and O–H groups in total. The molecule has 0 spiro atoms. The molecule has 0 unspecified atom stereocenters. The normalized spacial score (nSPS) is 19.0. The zero-order valence-corrected chi connectivity index (χ0v) is 11.2. The summed E-state index contributed by atoms with van der Waals surface area (Å²) >= 11 is 0. The molecule has 0 saturated heterocycles. The van der Waals surface area contributed by atoms with Crippen molar-refractivity contribution in [3.8, 4) is 0 Å². The van der Waals surface area contributed by atoms with E-state index in [0.717, 1.165) is 18.4 Å². The Morgan fingerprint density at radius 2 is 2.11 bits per heavy atom. The quantitative estimate of drug-likeness (QED) is 0.836. The summed E-state index contributed by atoms with van der Waals surface area (Å²) in [6.45, 7) is 4.11. The van der Waals surface area contributed by atoms with Crippen LogP contribution in [0, 0.1) is 12.8 Å². The van der Waals surface area contributed by atoms with Gasteiger partial charge in [-0.15, -0.1) is 0 Å². The summed E-state index contributed by atoms with van der Waals surface area (Å²) < 4.78 is 0. The van der Waals surface area contributed by atoms with Gasteiger partial charge in [-0.25, -0.2) is 4.98 Å². The third-order valence-corrected chi connectivity index (χ3v) is 3.95. The van der Waals surface area contributed by atoms with E-state index in [1.54, 1.807) is 0 Å². The van der Waals surface area contributed by atoms with Crippen molar-refractivity contribution in [1.82, 2.24) is 4.98 Å². The maximum absolute atomic E-state index is 5.60. The maximum Gasteiger partial charge on any atom is 0.131 e. The van der Waals surface area contributed by atoms with Gasteiger partial charge >= 0.3 is 0 Å². The van der Waals surface area contributed by atoms with Crippen molar-refractivity contribution in [2.24, 2.45) is 11.7 Å². The lowest BCUT2D eigenvalue weighted by molar-refractivity contribution is 0.706. The average molecular weight is 245 g/mol. The fourth-order valence-corrected chi connectivity index (χ4v) is 2.60. The second-order valence-electron chi connectivity index (χ2n) is 5.85. The highest BCUT2D eigenvalue weighted by Crippen LogP contribution is 2.38. The third kappa shape index (κ3) is 2.66. The number of hydrogen-bond donors (Lipinski definition) is 1. The van der Waals surface area contributed by atoms with Gasteiger partial charge in [0.15, 0.2) is 0 Å². The van der Waals surface area contributed by atoms with E-state index in [1.807, 2.05) is 6.20 Å². The molecule has 3 nitrogen and oxygen atoms in total. The molecule has 2 aliphatic carbocycles. The molecule has 0 atom stereocenters. The fraction of sp³-hybridized carbons (Fsp3) is 0.667. The predicted molar refractivity (Wildman–Crippen MR) is 74.8 cm³/mol. The van der Waals surface area contributed by atoms with E-state index in [9.17, 15) is 0 Å². The van der Waals surface area contributed by atoms with E-state index in [-0.39, 0.29) is 0 Å². The third-order valence-electron chi connectivity index (χ3n) is 3.95. The van der Waals surface area contributed by atoms with Crippen LogP contribution < -0.4 is 10.6 Å². The number of aryl methyl sites for hydroxylation is 1. The molecule has 3 rings (SSSR count). The van der Waals surface area contributed by atoms with Crippen LogP contribution in [0.25, 0.3) is 0 Å². The van der Waals surface area contributed by atoms with Gasteiger partial charge in [0.1, 0.15) is 5.82 Å². The first kappa shape index (κ1) is 12.0. The Hall–Kier alpha value is -1.09. The number of hydrogen-bond acceptors (Lipinski definition) is 3. The van der Waals surface area contributed by atoms with E-state index >= 15 is 0 Å². The predicted octanol–water partition coefficient (Wildman–Crippen LogP) is 2.27. The second-order valence-corrected chi connectivity index (χ2v) is 5.85. The summed E-state index contributed by atoms with van der Waals surface area (Å²) in [6.07, 6.45) is 8.45. The van der Waals surface area contributed by atoms with Crippen molar-refractivity contribution in [2.45, 2.75) is 45.1 Å². The number of rotatable bonds is 6. The molecule has 2 fully saturated rings. The van der Waals surface area contributed by atoms with Crippen LogP contribution in [-0.4, -0.2) is 24.1 Å². The zero-order chi connectivity index (χ0) is 12.5. The van der Waals surface area contributed by atoms with E-state index in [4.69, 9.17) is 10.7 Å². The van der Waals surface area contributed by atoms with Gasteiger partial charge in [-0.1, -0.05) is 6.07 Å². The summed E-state index contributed by atoms with van der Waals surface area (Å²) in [5.41, 5.74) is 8.18. The standard InChI is InChI=1S/C15H23N3/c1-11-8-13(6-7-16)9-17-15(11)18(14-4-5-14)10-12-2-3-12/h8-9,12,14H,2-7,10,16H2,1H3. The summed E-state index contributed by atoms with van der Waals surface area (Å²) in [5, 5.41) is 0. The second kappa shape index (κ2) is 4.88. The molecule has 0 radical (unpaired) electrons. The Labute approximate surface area is 109 Å². The van der Waals surface area contributed by atoms with Crippen LogP contribution >= 0.6 is 0 Å². The molecule has 2 saturated carbocycles. The minimum Gasteiger partial charge on any atom is -0.353 e. The lowest BCUT2D eigenvalue weighted by atomic mass is 10.1. The van der Waals surface area contributed by atoms with Crippen molar-refractivity contribution >= 4 is 5.82 Å². The highest BCUT2D eigenvalue weighted by Gasteiger charge is 2.34. The summed E-state index contributed by atoms with van der Waals surface area (Å²) in [5.74, 6) is 2.14. The lowest BCUT2D eigenvalue weighted by Crippen LogP contribution is -2.29. The van der Waals surface area contributed by atoms with E-state index in [2.05, 4.69) is 17.9 Å². The summed E-state index contributed by atoms with van der Waals surface area (Å²) in [4.78, 5) is 7.26. The Bertz CT molecular complexity index is 422. The van der Waals surface area contributed by atoms with Crippen LogP contribution in [0.2, 0.25) is 0 Å². The van der Waals surface area contributed by atoms with Crippen LogP contribution in [0.3, 0.4) is 0 Å². The monoisotopic (exact) mass is 245 g/mol. The van der Waals surface area contributed by atoms with Crippen molar-refractivity contribution < 1.29 is 0 Å². The molecule has 18 heavy (non-hydrogen) atoms. The summed E-state index contributed by atoms with van der Waals surface area (Å²) in [7, 11) is 0.